The maximum atomic E-state index is 12.5. The van der Waals surface area contributed by atoms with E-state index in [1.807, 2.05) is 0 Å². The number of aromatic amines is 1. The summed E-state index contributed by atoms with van der Waals surface area (Å²) in [6, 6.07) is 0. The zero-order valence-corrected chi connectivity index (χ0v) is 19.1. The van der Waals surface area contributed by atoms with Gasteiger partial charge in [0.05, 0.1) is 31.7 Å². The zero-order valence-electron chi connectivity index (χ0n) is 15.9. The maximum absolute atomic E-state index is 12.5. The third-order valence-electron chi connectivity index (χ3n) is 5.92. The summed E-state index contributed by atoms with van der Waals surface area (Å²) in [5.41, 5.74) is 4.20. The smallest absolute Gasteiger partial charge is 0.281 e. The summed E-state index contributed by atoms with van der Waals surface area (Å²) < 4.78 is 40.7. The van der Waals surface area contributed by atoms with Crippen molar-refractivity contribution in [1.29, 1.82) is 0 Å². The van der Waals surface area contributed by atoms with Crippen molar-refractivity contribution in [3.63, 3.8) is 0 Å². The van der Waals surface area contributed by atoms with Crippen molar-refractivity contribution in [3.05, 3.63) is 31.7 Å². The van der Waals surface area contributed by atoms with Crippen molar-refractivity contribution in [1.82, 2.24) is 20.0 Å². The summed E-state index contributed by atoms with van der Waals surface area (Å²) in [6.07, 6.45) is 5.18. The van der Waals surface area contributed by atoms with Crippen LogP contribution >= 0.6 is 31.9 Å². The molecule has 0 unspecified atom stereocenters. The van der Waals surface area contributed by atoms with E-state index in [1.165, 1.54) is 41.5 Å². The number of rotatable bonds is 5. The van der Waals surface area contributed by atoms with Crippen molar-refractivity contribution in [2.24, 2.45) is 0 Å². The highest BCUT2D eigenvalue weighted by molar-refractivity contribution is 9.10. The van der Waals surface area contributed by atoms with E-state index in [0.29, 0.717) is 5.92 Å². The molecule has 2 aromatic rings. The minimum atomic E-state index is -4.20. The molecule has 2 aromatic heterocycles. The van der Waals surface area contributed by atoms with E-state index in [0.717, 1.165) is 58.1 Å². The van der Waals surface area contributed by atoms with Crippen molar-refractivity contribution < 1.29 is 13.2 Å². The van der Waals surface area contributed by atoms with Crippen LogP contribution in [-0.4, -0.2) is 26.2 Å². The van der Waals surface area contributed by atoms with Crippen LogP contribution in [0.3, 0.4) is 0 Å². The van der Waals surface area contributed by atoms with Gasteiger partial charge in [0.1, 0.15) is 6.54 Å². The highest BCUT2D eigenvalue weighted by Crippen LogP contribution is 2.50. The fourth-order valence-corrected chi connectivity index (χ4v) is 5.51. The first-order valence-electron chi connectivity index (χ1n) is 10.4. The summed E-state index contributed by atoms with van der Waals surface area (Å²) in [5, 5.41) is 11.7. The lowest BCUT2D eigenvalue weighted by atomic mass is 10.2. The minimum Gasteiger partial charge on any atom is -0.281 e. The summed E-state index contributed by atoms with van der Waals surface area (Å²) in [5.74, 6) is 2.17. The molecule has 0 atom stereocenters. The lowest BCUT2D eigenvalue weighted by molar-refractivity contribution is -0.143. The Morgan fingerprint density at radius 3 is 1.87 bits per heavy atom. The molecule has 9 heteroatoms. The Labute approximate surface area is 191 Å². The SMILES string of the molecule is Brc1c(C2CC2)n[nH]c1C1CC1.C.FC(F)(F)Cn1nc(C2CC2)c(Br)c1C1CC1. The van der Waals surface area contributed by atoms with E-state index < -0.39 is 12.7 Å². The van der Waals surface area contributed by atoms with Gasteiger partial charge in [-0.25, -0.2) is 0 Å². The highest BCUT2D eigenvalue weighted by atomic mass is 79.9. The average Bonchev–Trinajstić information content (AvgIpc) is 3.52. The van der Waals surface area contributed by atoms with Gasteiger partial charge in [0.2, 0.25) is 0 Å². The van der Waals surface area contributed by atoms with Crippen LogP contribution in [0.1, 0.15) is 105 Å². The highest BCUT2D eigenvalue weighted by Gasteiger charge is 2.39. The number of aromatic nitrogens is 4. The lowest BCUT2D eigenvalue weighted by Crippen LogP contribution is -2.20. The molecule has 4 saturated carbocycles. The predicted molar refractivity (Wildman–Crippen MR) is 117 cm³/mol. The maximum Gasteiger partial charge on any atom is 0.408 e. The second-order valence-electron chi connectivity index (χ2n) is 8.79. The van der Waals surface area contributed by atoms with E-state index in [1.54, 1.807) is 0 Å². The Kier molecular flexibility index (Phi) is 6.16. The third kappa shape index (κ3) is 4.97. The fraction of sp³-hybridized carbons (Fsp3) is 0.714. The molecule has 4 aliphatic rings. The molecule has 2 heterocycles. The first kappa shape index (κ1) is 22.4. The Morgan fingerprint density at radius 1 is 0.833 bits per heavy atom. The minimum absolute atomic E-state index is 0. The van der Waals surface area contributed by atoms with Gasteiger partial charge >= 0.3 is 6.18 Å². The van der Waals surface area contributed by atoms with Crippen LogP contribution < -0.4 is 0 Å². The second kappa shape index (κ2) is 8.26. The normalized spacial score (nSPS) is 21.1. The van der Waals surface area contributed by atoms with Gasteiger partial charge < -0.3 is 0 Å². The van der Waals surface area contributed by atoms with Crippen molar-refractivity contribution >= 4 is 31.9 Å². The Morgan fingerprint density at radius 2 is 1.37 bits per heavy atom. The van der Waals surface area contributed by atoms with E-state index in [4.69, 9.17) is 0 Å². The van der Waals surface area contributed by atoms with Gasteiger partial charge in [-0.3, -0.25) is 9.78 Å². The second-order valence-corrected chi connectivity index (χ2v) is 10.4. The average molecular weight is 552 g/mol. The number of nitrogens with one attached hydrogen (secondary N) is 1. The number of nitrogens with zero attached hydrogens (tertiary/aromatic N) is 3. The summed E-state index contributed by atoms with van der Waals surface area (Å²) in [4.78, 5) is 0. The van der Waals surface area contributed by atoms with Gasteiger partial charge in [0.15, 0.2) is 0 Å². The molecule has 0 bridgehead atoms. The third-order valence-corrected chi connectivity index (χ3v) is 7.57. The molecule has 1 N–H and O–H groups in total. The quantitative estimate of drug-likeness (QED) is 0.417. The molecule has 4 aliphatic carbocycles. The van der Waals surface area contributed by atoms with Crippen molar-refractivity contribution in [3.8, 4) is 0 Å². The molecule has 166 valence electrons. The predicted octanol–water partition coefficient (Wildman–Crippen LogP) is 7.53. The molecule has 0 amide bonds. The van der Waals surface area contributed by atoms with Crippen LogP contribution in [0.5, 0.6) is 0 Å². The molecule has 0 radical (unpaired) electrons. The first-order chi connectivity index (χ1) is 13.8. The van der Waals surface area contributed by atoms with Crippen molar-refractivity contribution in [2.45, 2.75) is 95.2 Å². The van der Waals surface area contributed by atoms with Gasteiger partial charge in [-0.15, -0.1) is 0 Å². The van der Waals surface area contributed by atoms with Gasteiger partial charge in [0, 0.05) is 23.7 Å². The van der Waals surface area contributed by atoms with E-state index >= 15 is 0 Å². The van der Waals surface area contributed by atoms with Crippen LogP contribution in [0.4, 0.5) is 13.2 Å². The standard InChI is InChI=1S/C11H12BrF3N2.C9H11BrN2.CH4/c12-8-9(6-1-2-6)16-17(5-11(13,14)15)10(8)7-3-4-7;10-7-8(5-1-2-5)11-12-9(7)6-3-4-6;/h6-7H,1-5H2;5-6H,1-4H2,(H,11,12);1H4. The summed E-state index contributed by atoms with van der Waals surface area (Å²) >= 11 is 7.08. The van der Waals surface area contributed by atoms with Crippen LogP contribution in [0.25, 0.3) is 0 Å². The zero-order chi connectivity index (χ0) is 20.3. The topological polar surface area (TPSA) is 46.5 Å². The largest absolute Gasteiger partial charge is 0.408 e. The summed E-state index contributed by atoms with van der Waals surface area (Å²) in [6.45, 7) is -0.968. The Hall–Kier alpha value is -0.830. The Balaban J connectivity index is 0.000000148. The lowest BCUT2D eigenvalue weighted by Gasteiger charge is -2.09. The molecule has 4 nitrogen and oxygen atoms in total. The van der Waals surface area contributed by atoms with Crippen LogP contribution in [0.15, 0.2) is 8.95 Å². The molecule has 0 aromatic carbocycles. The van der Waals surface area contributed by atoms with Gasteiger partial charge in [0.25, 0.3) is 0 Å². The number of alkyl halides is 3. The summed E-state index contributed by atoms with van der Waals surface area (Å²) in [7, 11) is 0. The molecule has 0 aliphatic heterocycles. The Bertz CT molecular complexity index is 875. The number of halogens is 5. The molecule has 0 saturated heterocycles. The van der Waals surface area contributed by atoms with E-state index in [-0.39, 0.29) is 13.3 Å². The van der Waals surface area contributed by atoms with Crippen LogP contribution in [0, 0.1) is 0 Å². The molecular weight excluding hydrogens is 525 g/mol. The molecule has 30 heavy (non-hydrogen) atoms. The van der Waals surface area contributed by atoms with E-state index in [2.05, 4.69) is 47.2 Å². The van der Waals surface area contributed by atoms with Gasteiger partial charge in [-0.05, 0) is 83.2 Å². The number of hydrogen-bond acceptors (Lipinski definition) is 2. The first-order valence-corrected chi connectivity index (χ1v) is 12.0. The van der Waals surface area contributed by atoms with Gasteiger partial charge in [-0.1, -0.05) is 7.43 Å². The molecule has 6 rings (SSSR count). The van der Waals surface area contributed by atoms with Crippen molar-refractivity contribution in [2.75, 3.05) is 0 Å². The fourth-order valence-electron chi connectivity index (χ4n) is 3.75. The molecule has 4 fully saturated rings. The number of H-pyrrole nitrogens is 1. The molecule has 0 spiro atoms. The van der Waals surface area contributed by atoms with Crippen LogP contribution in [0.2, 0.25) is 0 Å². The van der Waals surface area contributed by atoms with Gasteiger partial charge in [-0.2, -0.15) is 23.4 Å². The number of hydrogen-bond donors (Lipinski definition) is 1. The monoisotopic (exact) mass is 550 g/mol. The van der Waals surface area contributed by atoms with Crippen LogP contribution in [-0.2, 0) is 6.54 Å². The molecular formula is C21H27Br2F3N4. The van der Waals surface area contributed by atoms with E-state index in [9.17, 15) is 13.2 Å².